The molecule has 0 bridgehead atoms. The van der Waals surface area contributed by atoms with E-state index in [1.807, 2.05) is 0 Å². The van der Waals surface area contributed by atoms with Crippen LogP contribution >= 0.6 is 0 Å². The fraction of sp³-hybridized carbons (Fsp3) is 0.364. The highest BCUT2D eigenvalue weighted by molar-refractivity contribution is 7.95. The predicted molar refractivity (Wildman–Crippen MR) is 75.3 cm³/mol. The highest BCUT2D eigenvalue weighted by Crippen LogP contribution is 2.17. The topological polar surface area (TPSA) is 109 Å². The maximum atomic E-state index is 11.9. The van der Waals surface area contributed by atoms with Gasteiger partial charge in [0.15, 0.2) is 0 Å². The standard InChI is InChI=1S/C11H15NO6S2/c1-12(20(17,18)8-7-19(2,15)16)10-5-3-9(4-6-10)11(13)14/h3-6H,7-8H2,1-2H3,(H,13,14). The van der Waals surface area contributed by atoms with E-state index < -0.39 is 37.3 Å². The molecule has 0 spiro atoms. The second-order valence-electron chi connectivity index (χ2n) is 4.27. The second kappa shape index (κ2) is 5.80. The van der Waals surface area contributed by atoms with Gasteiger partial charge in [0.05, 0.1) is 22.8 Å². The highest BCUT2D eigenvalue weighted by Gasteiger charge is 2.20. The lowest BCUT2D eigenvalue weighted by Gasteiger charge is -2.19. The molecule has 0 aromatic heterocycles. The van der Waals surface area contributed by atoms with Gasteiger partial charge in [0.25, 0.3) is 0 Å². The summed E-state index contributed by atoms with van der Waals surface area (Å²) in [5, 5.41) is 8.75. The lowest BCUT2D eigenvalue weighted by molar-refractivity contribution is 0.0697. The number of rotatable bonds is 6. The minimum Gasteiger partial charge on any atom is -0.478 e. The molecule has 0 saturated heterocycles. The normalized spacial score (nSPS) is 12.1. The zero-order chi connectivity index (χ0) is 15.6. The molecule has 0 aliphatic heterocycles. The van der Waals surface area contributed by atoms with Crippen molar-refractivity contribution in [2.75, 3.05) is 29.1 Å². The van der Waals surface area contributed by atoms with Crippen LogP contribution in [0.1, 0.15) is 10.4 Å². The molecule has 1 aromatic carbocycles. The van der Waals surface area contributed by atoms with Gasteiger partial charge in [-0.3, -0.25) is 4.31 Å². The molecule has 0 radical (unpaired) electrons. The van der Waals surface area contributed by atoms with E-state index in [0.717, 1.165) is 10.6 Å². The molecule has 0 aliphatic carbocycles. The summed E-state index contributed by atoms with van der Waals surface area (Å²) >= 11 is 0. The first-order valence-electron chi connectivity index (χ1n) is 5.50. The Labute approximate surface area is 117 Å². The number of anilines is 1. The summed E-state index contributed by atoms with van der Waals surface area (Å²) in [5.41, 5.74) is 0.305. The van der Waals surface area contributed by atoms with Crippen LogP contribution < -0.4 is 4.31 Å². The van der Waals surface area contributed by atoms with E-state index in [-0.39, 0.29) is 11.3 Å². The second-order valence-corrected chi connectivity index (χ2v) is 8.64. The van der Waals surface area contributed by atoms with Crippen molar-refractivity contribution in [1.29, 1.82) is 0 Å². The molecule has 1 rings (SSSR count). The highest BCUT2D eigenvalue weighted by atomic mass is 32.2. The van der Waals surface area contributed by atoms with Gasteiger partial charge in [-0.2, -0.15) is 0 Å². The van der Waals surface area contributed by atoms with Crippen molar-refractivity contribution in [1.82, 2.24) is 0 Å². The minimum absolute atomic E-state index is 0.0377. The third kappa shape index (κ3) is 4.49. The van der Waals surface area contributed by atoms with Crippen LogP contribution in [0.5, 0.6) is 0 Å². The summed E-state index contributed by atoms with van der Waals surface area (Å²) < 4.78 is 46.8. The zero-order valence-electron chi connectivity index (χ0n) is 11.0. The fourth-order valence-electron chi connectivity index (χ4n) is 1.37. The van der Waals surface area contributed by atoms with E-state index in [2.05, 4.69) is 0 Å². The van der Waals surface area contributed by atoms with Gasteiger partial charge in [-0.25, -0.2) is 21.6 Å². The molecule has 0 amide bonds. The Bertz CT molecular complexity index is 691. The molecule has 7 nitrogen and oxygen atoms in total. The molecule has 0 unspecified atom stereocenters. The van der Waals surface area contributed by atoms with Gasteiger partial charge in [-0.15, -0.1) is 0 Å². The first-order chi connectivity index (χ1) is 9.03. The molecule has 0 saturated carbocycles. The molecule has 1 N–H and O–H groups in total. The average molecular weight is 321 g/mol. The number of benzene rings is 1. The van der Waals surface area contributed by atoms with Crippen molar-refractivity contribution in [3.05, 3.63) is 29.8 Å². The molecular formula is C11H15NO6S2. The lowest BCUT2D eigenvalue weighted by atomic mass is 10.2. The number of hydrogen-bond donors (Lipinski definition) is 1. The molecule has 0 atom stereocenters. The van der Waals surface area contributed by atoms with Gasteiger partial charge >= 0.3 is 5.97 Å². The van der Waals surface area contributed by atoms with Crippen molar-refractivity contribution in [2.24, 2.45) is 0 Å². The third-order valence-corrected chi connectivity index (χ3v) is 5.58. The summed E-state index contributed by atoms with van der Waals surface area (Å²) in [4.78, 5) is 10.7. The lowest BCUT2D eigenvalue weighted by Crippen LogP contribution is -2.31. The Kier molecular flexibility index (Phi) is 4.77. The minimum atomic E-state index is -3.77. The number of sulfonamides is 1. The van der Waals surface area contributed by atoms with Crippen molar-refractivity contribution in [2.45, 2.75) is 0 Å². The largest absolute Gasteiger partial charge is 0.478 e. The van der Waals surface area contributed by atoms with Gasteiger partial charge in [0, 0.05) is 13.3 Å². The summed E-state index contributed by atoms with van der Waals surface area (Å²) in [5.74, 6) is -2.10. The number of hydrogen-bond acceptors (Lipinski definition) is 5. The number of nitrogens with zero attached hydrogens (tertiary/aromatic N) is 1. The molecule has 9 heteroatoms. The van der Waals surface area contributed by atoms with Gasteiger partial charge in [0.2, 0.25) is 10.0 Å². The van der Waals surface area contributed by atoms with E-state index in [1.165, 1.54) is 31.3 Å². The molecule has 0 heterocycles. The maximum absolute atomic E-state index is 11.9. The van der Waals surface area contributed by atoms with Crippen molar-refractivity contribution in [3.63, 3.8) is 0 Å². The summed E-state index contributed by atoms with van der Waals surface area (Å²) in [7, 11) is -5.86. The monoisotopic (exact) mass is 321 g/mol. The Morgan fingerprint density at radius 1 is 1.10 bits per heavy atom. The van der Waals surface area contributed by atoms with Crippen LogP contribution in [-0.2, 0) is 19.9 Å². The Balaban J connectivity index is 2.93. The molecular weight excluding hydrogens is 306 g/mol. The van der Waals surface area contributed by atoms with Crippen LogP contribution in [0.15, 0.2) is 24.3 Å². The van der Waals surface area contributed by atoms with Crippen LogP contribution in [0.25, 0.3) is 0 Å². The van der Waals surface area contributed by atoms with Crippen LogP contribution in [0, 0.1) is 0 Å². The summed E-state index contributed by atoms with van der Waals surface area (Å²) in [6.07, 6.45) is 0.962. The fourth-order valence-corrected chi connectivity index (χ4v) is 4.14. The molecule has 0 aliphatic rings. The average Bonchev–Trinajstić information content (AvgIpc) is 2.35. The van der Waals surface area contributed by atoms with Crippen LogP contribution in [0.3, 0.4) is 0 Å². The van der Waals surface area contributed by atoms with E-state index in [0.29, 0.717) is 0 Å². The summed E-state index contributed by atoms with van der Waals surface area (Å²) in [6.45, 7) is 0. The van der Waals surface area contributed by atoms with E-state index >= 15 is 0 Å². The molecule has 0 fully saturated rings. The van der Waals surface area contributed by atoms with Gasteiger partial charge < -0.3 is 5.11 Å². The van der Waals surface area contributed by atoms with E-state index in [9.17, 15) is 21.6 Å². The van der Waals surface area contributed by atoms with Crippen LogP contribution in [0.4, 0.5) is 5.69 Å². The Morgan fingerprint density at radius 2 is 1.60 bits per heavy atom. The smallest absolute Gasteiger partial charge is 0.335 e. The Hall–Kier alpha value is -1.61. The van der Waals surface area contributed by atoms with Gasteiger partial charge in [-0.1, -0.05) is 0 Å². The van der Waals surface area contributed by atoms with Crippen LogP contribution in [0.2, 0.25) is 0 Å². The quantitative estimate of drug-likeness (QED) is 0.801. The van der Waals surface area contributed by atoms with Gasteiger partial charge in [-0.05, 0) is 24.3 Å². The van der Waals surface area contributed by atoms with Crippen molar-refractivity contribution in [3.8, 4) is 0 Å². The first-order valence-corrected chi connectivity index (χ1v) is 9.17. The Morgan fingerprint density at radius 3 is 2.00 bits per heavy atom. The van der Waals surface area contributed by atoms with E-state index in [4.69, 9.17) is 5.11 Å². The van der Waals surface area contributed by atoms with Crippen molar-refractivity contribution < 1.29 is 26.7 Å². The predicted octanol–water partition coefficient (Wildman–Crippen LogP) is 0.195. The zero-order valence-corrected chi connectivity index (χ0v) is 12.6. The number of aromatic carboxylic acids is 1. The maximum Gasteiger partial charge on any atom is 0.335 e. The summed E-state index contributed by atoms with van der Waals surface area (Å²) in [6, 6.07) is 5.25. The van der Waals surface area contributed by atoms with E-state index in [1.54, 1.807) is 0 Å². The van der Waals surface area contributed by atoms with Crippen LogP contribution in [-0.4, -0.2) is 52.7 Å². The molecule has 20 heavy (non-hydrogen) atoms. The first kappa shape index (κ1) is 16.4. The number of carboxylic acids is 1. The number of carboxylic acid groups (broad SMARTS) is 1. The molecule has 1 aromatic rings. The van der Waals surface area contributed by atoms with Crippen molar-refractivity contribution >= 4 is 31.5 Å². The molecule has 112 valence electrons. The number of sulfone groups is 1. The SMILES string of the molecule is CN(c1ccc(C(=O)O)cc1)S(=O)(=O)CCS(C)(=O)=O. The number of carbonyl (C=O) groups is 1. The third-order valence-electron chi connectivity index (χ3n) is 2.61. The van der Waals surface area contributed by atoms with Gasteiger partial charge in [0.1, 0.15) is 9.84 Å².